The fourth-order valence-electron chi connectivity index (χ4n) is 4.67. The number of rotatable bonds is 10. The van der Waals surface area contributed by atoms with Crippen LogP contribution in [0.3, 0.4) is 0 Å². The van der Waals surface area contributed by atoms with E-state index in [1.807, 2.05) is 38.1 Å². The second-order valence-corrected chi connectivity index (χ2v) is 10.6. The van der Waals surface area contributed by atoms with Crippen molar-refractivity contribution in [3.63, 3.8) is 0 Å². The van der Waals surface area contributed by atoms with Crippen molar-refractivity contribution in [1.82, 2.24) is 0 Å². The van der Waals surface area contributed by atoms with Crippen molar-refractivity contribution in [1.29, 1.82) is 0 Å². The molecule has 7 heteroatoms. The highest BCUT2D eigenvalue weighted by Crippen LogP contribution is 2.42. The number of aryl methyl sites for hydroxylation is 1. The summed E-state index contributed by atoms with van der Waals surface area (Å²) in [5.74, 6) is -0.817. The molecule has 6 nitrogen and oxygen atoms in total. The van der Waals surface area contributed by atoms with E-state index in [0.29, 0.717) is 24.9 Å². The molecule has 1 aliphatic rings. The monoisotopic (exact) mass is 471 g/mol. The lowest BCUT2D eigenvalue weighted by atomic mass is 9.80. The zero-order valence-corrected chi connectivity index (χ0v) is 20.3. The van der Waals surface area contributed by atoms with Crippen LogP contribution in [-0.2, 0) is 26.0 Å². The van der Waals surface area contributed by atoms with Crippen LogP contribution < -0.4 is 4.72 Å². The van der Waals surface area contributed by atoms with Gasteiger partial charge in [-0.2, -0.15) is 0 Å². The van der Waals surface area contributed by atoms with E-state index in [1.165, 1.54) is 5.56 Å². The van der Waals surface area contributed by atoms with E-state index in [4.69, 9.17) is 4.74 Å². The Morgan fingerprint density at radius 2 is 1.82 bits per heavy atom. The maximum Gasteiger partial charge on any atom is 0.338 e. The highest BCUT2D eigenvalue weighted by molar-refractivity contribution is 7.92. The lowest BCUT2D eigenvalue weighted by molar-refractivity contribution is -0.161. The van der Waals surface area contributed by atoms with Crippen LogP contribution in [0, 0.1) is 0 Å². The number of hydrogen-bond donors (Lipinski definition) is 2. The normalized spacial score (nSPS) is 19.8. The molecule has 0 spiro atoms. The Labute approximate surface area is 196 Å². The van der Waals surface area contributed by atoms with E-state index in [1.54, 1.807) is 18.2 Å². The van der Waals surface area contributed by atoms with E-state index < -0.39 is 27.5 Å². The molecular weight excluding hydrogens is 438 g/mol. The number of carbonyl (C=O) groups is 1. The second-order valence-electron chi connectivity index (χ2n) is 8.81. The van der Waals surface area contributed by atoms with Crippen molar-refractivity contribution in [2.75, 3.05) is 11.0 Å². The lowest BCUT2D eigenvalue weighted by Gasteiger charge is -2.38. The number of aliphatic hydroxyl groups is 1. The van der Waals surface area contributed by atoms with E-state index in [9.17, 15) is 18.3 Å². The van der Waals surface area contributed by atoms with Crippen molar-refractivity contribution in [2.24, 2.45) is 0 Å². The quantitative estimate of drug-likeness (QED) is 0.448. The topological polar surface area (TPSA) is 92.7 Å². The van der Waals surface area contributed by atoms with E-state index >= 15 is 0 Å². The molecule has 1 unspecified atom stereocenters. The number of anilines is 1. The predicted octanol–water partition coefficient (Wildman–Crippen LogP) is 5.48. The average Bonchev–Trinajstić information content (AvgIpc) is 2.75. The molecule has 2 N–H and O–H groups in total. The third kappa shape index (κ3) is 6.38. The Kier molecular flexibility index (Phi) is 7.84. The van der Waals surface area contributed by atoms with Gasteiger partial charge in [0.25, 0.3) is 0 Å². The first-order valence-corrected chi connectivity index (χ1v) is 13.3. The first-order valence-electron chi connectivity index (χ1n) is 11.4. The smallest absolute Gasteiger partial charge is 0.338 e. The van der Waals surface area contributed by atoms with Gasteiger partial charge in [-0.15, -0.1) is 0 Å². The van der Waals surface area contributed by atoms with Crippen molar-refractivity contribution in [3.8, 4) is 0 Å². The second kappa shape index (κ2) is 10.4. The van der Waals surface area contributed by atoms with Gasteiger partial charge in [0.15, 0.2) is 0 Å². The third-order valence-corrected chi connectivity index (χ3v) is 6.70. The van der Waals surface area contributed by atoms with Crippen LogP contribution in [-0.4, -0.2) is 31.4 Å². The van der Waals surface area contributed by atoms with Gasteiger partial charge in [0, 0.05) is 18.0 Å². The SMILES string of the molecule is CCC[C@]1(CCc2ccccc2)CC(O)=C(C(CC)c2cccc(NS(C)(=O)=O)c2)C(=O)O1. The summed E-state index contributed by atoms with van der Waals surface area (Å²) in [5, 5.41) is 11.1. The molecule has 1 aliphatic heterocycles. The molecule has 0 fully saturated rings. The van der Waals surface area contributed by atoms with Gasteiger partial charge in [-0.25, -0.2) is 13.2 Å². The lowest BCUT2D eigenvalue weighted by Crippen LogP contribution is -2.41. The Morgan fingerprint density at radius 1 is 1.09 bits per heavy atom. The van der Waals surface area contributed by atoms with Gasteiger partial charge < -0.3 is 9.84 Å². The predicted molar refractivity (Wildman–Crippen MR) is 131 cm³/mol. The number of sulfonamides is 1. The first kappa shape index (κ1) is 24.8. The summed E-state index contributed by atoms with van der Waals surface area (Å²) in [4.78, 5) is 13.2. The van der Waals surface area contributed by atoms with Gasteiger partial charge in [0.05, 0.1) is 11.8 Å². The van der Waals surface area contributed by atoms with Crippen LogP contribution >= 0.6 is 0 Å². The molecule has 3 rings (SSSR count). The number of hydrogen-bond acceptors (Lipinski definition) is 5. The molecule has 0 amide bonds. The molecule has 1 heterocycles. The molecule has 33 heavy (non-hydrogen) atoms. The van der Waals surface area contributed by atoms with Crippen molar-refractivity contribution in [2.45, 2.75) is 63.9 Å². The maximum atomic E-state index is 13.2. The van der Waals surface area contributed by atoms with Crippen LogP contribution in [0.4, 0.5) is 5.69 Å². The first-order chi connectivity index (χ1) is 15.7. The van der Waals surface area contributed by atoms with Crippen molar-refractivity contribution in [3.05, 3.63) is 77.1 Å². The highest BCUT2D eigenvalue weighted by atomic mass is 32.2. The Morgan fingerprint density at radius 3 is 2.42 bits per heavy atom. The Balaban J connectivity index is 1.89. The summed E-state index contributed by atoms with van der Waals surface area (Å²) in [6.45, 7) is 3.97. The summed E-state index contributed by atoms with van der Waals surface area (Å²) >= 11 is 0. The summed E-state index contributed by atoms with van der Waals surface area (Å²) < 4.78 is 31.8. The zero-order chi connectivity index (χ0) is 24.1. The minimum atomic E-state index is -3.43. The largest absolute Gasteiger partial charge is 0.512 e. The van der Waals surface area contributed by atoms with Gasteiger partial charge in [0.1, 0.15) is 11.4 Å². The molecule has 0 saturated carbocycles. The maximum absolute atomic E-state index is 13.2. The number of cyclic esters (lactones) is 1. The summed E-state index contributed by atoms with van der Waals surface area (Å²) in [7, 11) is -3.43. The highest BCUT2D eigenvalue weighted by Gasteiger charge is 2.43. The minimum Gasteiger partial charge on any atom is -0.512 e. The standard InChI is InChI=1S/C26H33NO5S/c1-4-15-26(16-14-19-10-7-6-8-11-19)18-23(28)24(25(29)32-26)22(5-2)20-12-9-13-21(17-20)27-33(3,30)31/h6-13,17,22,27-28H,4-5,14-16,18H2,1-3H3/t22?,26-/m0/s1. The van der Waals surface area contributed by atoms with Crippen LogP contribution in [0.25, 0.3) is 0 Å². The molecule has 0 aliphatic carbocycles. The van der Waals surface area contributed by atoms with Gasteiger partial charge in [0.2, 0.25) is 10.0 Å². The number of nitrogens with one attached hydrogen (secondary N) is 1. The number of benzene rings is 2. The minimum absolute atomic E-state index is 0.0705. The van der Waals surface area contributed by atoms with Crippen molar-refractivity contribution < 1.29 is 23.1 Å². The molecule has 0 bridgehead atoms. The average molecular weight is 472 g/mol. The Hall–Kier alpha value is -2.80. The molecular formula is C26H33NO5S. The summed E-state index contributed by atoms with van der Waals surface area (Å²) in [5.41, 5.74) is 1.87. The van der Waals surface area contributed by atoms with Gasteiger partial charge in [-0.05, 0) is 48.9 Å². The van der Waals surface area contributed by atoms with Crippen LogP contribution in [0.5, 0.6) is 0 Å². The fraction of sp³-hybridized carbons (Fsp3) is 0.423. The molecule has 2 atom stereocenters. The Bertz CT molecular complexity index is 1110. The molecule has 2 aromatic rings. The molecule has 0 radical (unpaired) electrons. The molecule has 178 valence electrons. The number of ether oxygens (including phenoxy) is 1. The van der Waals surface area contributed by atoms with Gasteiger partial charge >= 0.3 is 5.97 Å². The van der Waals surface area contributed by atoms with Crippen LogP contribution in [0.2, 0.25) is 0 Å². The van der Waals surface area contributed by atoms with Crippen LogP contribution in [0.15, 0.2) is 65.9 Å². The number of esters is 1. The summed E-state index contributed by atoms with van der Waals surface area (Å²) in [6, 6.07) is 17.0. The number of carbonyl (C=O) groups excluding carboxylic acids is 1. The molecule has 2 aromatic carbocycles. The summed E-state index contributed by atoms with van der Waals surface area (Å²) in [6.07, 6.45) is 4.83. The van der Waals surface area contributed by atoms with Crippen LogP contribution in [0.1, 0.15) is 63.0 Å². The zero-order valence-electron chi connectivity index (χ0n) is 19.5. The molecule has 0 saturated heterocycles. The van der Waals surface area contributed by atoms with E-state index in [-0.39, 0.29) is 17.8 Å². The third-order valence-electron chi connectivity index (χ3n) is 6.10. The van der Waals surface area contributed by atoms with Gasteiger partial charge in [-0.1, -0.05) is 62.7 Å². The molecule has 0 aromatic heterocycles. The van der Waals surface area contributed by atoms with Gasteiger partial charge in [-0.3, -0.25) is 4.72 Å². The van der Waals surface area contributed by atoms with E-state index in [0.717, 1.165) is 24.7 Å². The fourth-order valence-corrected chi connectivity index (χ4v) is 5.22. The van der Waals surface area contributed by atoms with E-state index in [2.05, 4.69) is 16.9 Å². The number of aliphatic hydroxyl groups excluding tert-OH is 1. The van der Waals surface area contributed by atoms with Crippen molar-refractivity contribution >= 4 is 21.7 Å².